The molecule has 0 aromatic carbocycles. The lowest BCUT2D eigenvalue weighted by Crippen LogP contribution is -2.07. The van der Waals surface area contributed by atoms with E-state index in [1.165, 1.54) is 9.75 Å². The van der Waals surface area contributed by atoms with Gasteiger partial charge < -0.3 is 5.73 Å². The molecule has 0 saturated carbocycles. The molecule has 2 aromatic rings. The molecule has 0 bridgehead atoms. The minimum atomic E-state index is 0.0856. The largest absolute Gasteiger partial charge is 0.322 e. The second-order valence-electron chi connectivity index (χ2n) is 3.45. The van der Waals surface area contributed by atoms with Crippen LogP contribution in [-0.4, -0.2) is 4.98 Å². The molecule has 2 nitrogen and oxygen atoms in total. The first-order valence-corrected chi connectivity index (χ1v) is 6.68. The number of nitrogens with two attached hydrogens (primary N) is 1. The van der Waals surface area contributed by atoms with E-state index < -0.39 is 0 Å². The molecule has 15 heavy (non-hydrogen) atoms. The van der Waals surface area contributed by atoms with Crippen molar-refractivity contribution >= 4 is 22.7 Å². The SMILES string of the molecule is CCC(N)c1nc(-c2cccs2)c(C)s1. The highest BCUT2D eigenvalue weighted by Crippen LogP contribution is 2.32. The lowest BCUT2D eigenvalue weighted by atomic mass is 10.2. The Morgan fingerprint density at radius 1 is 1.53 bits per heavy atom. The van der Waals surface area contributed by atoms with E-state index in [0.29, 0.717) is 0 Å². The van der Waals surface area contributed by atoms with Crippen molar-refractivity contribution in [3.05, 3.63) is 27.4 Å². The van der Waals surface area contributed by atoms with Gasteiger partial charge >= 0.3 is 0 Å². The first-order valence-electron chi connectivity index (χ1n) is 4.99. The molecule has 2 aromatic heterocycles. The molecule has 0 aliphatic heterocycles. The van der Waals surface area contributed by atoms with E-state index in [2.05, 4.69) is 36.3 Å². The van der Waals surface area contributed by atoms with Crippen molar-refractivity contribution in [2.24, 2.45) is 5.73 Å². The smallest absolute Gasteiger partial charge is 0.110 e. The zero-order valence-electron chi connectivity index (χ0n) is 8.86. The fourth-order valence-electron chi connectivity index (χ4n) is 1.39. The Kier molecular flexibility index (Phi) is 3.19. The van der Waals surface area contributed by atoms with Gasteiger partial charge in [-0.15, -0.1) is 22.7 Å². The van der Waals surface area contributed by atoms with Gasteiger partial charge in [-0.1, -0.05) is 13.0 Å². The van der Waals surface area contributed by atoms with Crippen LogP contribution in [0.1, 0.15) is 29.3 Å². The minimum absolute atomic E-state index is 0.0856. The van der Waals surface area contributed by atoms with Crippen LogP contribution in [0.2, 0.25) is 0 Å². The van der Waals surface area contributed by atoms with Crippen LogP contribution in [0.4, 0.5) is 0 Å². The van der Waals surface area contributed by atoms with Crippen LogP contribution in [0.25, 0.3) is 10.6 Å². The monoisotopic (exact) mass is 238 g/mol. The Morgan fingerprint density at radius 2 is 2.33 bits per heavy atom. The summed E-state index contributed by atoms with van der Waals surface area (Å²) < 4.78 is 0. The Labute approximate surface area is 97.8 Å². The summed E-state index contributed by atoms with van der Waals surface area (Å²) in [6.07, 6.45) is 0.941. The third kappa shape index (κ3) is 2.12. The highest BCUT2D eigenvalue weighted by atomic mass is 32.1. The van der Waals surface area contributed by atoms with Gasteiger partial charge in [-0.3, -0.25) is 0 Å². The summed E-state index contributed by atoms with van der Waals surface area (Å²) in [5.74, 6) is 0. The average molecular weight is 238 g/mol. The van der Waals surface area contributed by atoms with Crippen LogP contribution < -0.4 is 5.73 Å². The zero-order chi connectivity index (χ0) is 10.8. The summed E-state index contributed by atoms with van der Waals surface area (Å²) in [6, 6.07) is 4.24. The number of rotatable bonds is 3. The van der Waals surface area contributed by atoms with E-state index in [1.54, 1.807) is 22.7 Å². The predicted molar refractivity (Wildman–Crippen MR) is 67.4 cm³/mol. The fourth-order valence-corrected chi connectivity index (χ4v) is 3.25. The van der Waals surface area contributed by atoms with Crippen molar-refractivity contribution in [3.8, 4) is 10.6 Å². The van der Waals surface area contributed by atoms with Gasteiger partial charge in [0.25, 0.3) is 0 Å². The Morgan fingerprint density at radius 3 is 2.93 bits per heavy atom. The van der Waals surface area contributed by atoms with E-state index in [9.17, 15) is 0 Å². The lowest BCUT2D eigenvalue weighted by Gasteiger charge is -2.01. The molecule has 0 aliphatic carbocycles. The number of aromatic nitrogens is 1. The van der Waals surface area contributed by atoms with Gasteiger partial charge in [-0.05, 0) is 24.8 Å². The van der Waals surface area contributed by atoms with Crippen LogP contribution in [0, 0.1) is 6.92 Å². The van der Waals surface area contributed by atoms with E-state index in [0.717, 1.165) is 17.1 Å². The van der Waals surface area contributed by atoms with Crippen LogP contribution in [0.5, 0.6) is 0 Å². The summed E-state index contributed by atoms with van der Waals surface area (Å²) in [7, 11) is 0. The standard InChI is InChI=1S/C11H14N2S2/c1-3-8(12)11-13-10(7(2)15-11)9-5-4-6-14-9/h4-6,8H,3,12H2,1-2H3. The minimum Gasteiger partial charge on any atom is -0.322 e. The molecular weight excluding hydrogens is 224 g/mol. The van der Waals surface area contributed by atoms with Gasteiger partial charge in [-0.25, -0.2) is 4.98 Å². The van der Waals surface area contributed by atoms with Gasteiger partial charge in [0.2, 0.25) is 0 Å². The maximum atomic E-state index is 5.98. The molecule has 0 aliphatic rings. The van der Waals surface area contributed by atoms with Crippen molar-refractivity contribution in [1.29, 1.82) is 0 Å². The van der Waals surface area contributed by atoms with E-state index >= 15 is 0 Å². The zero-order valence-corrected chi connectivity index (χ0v) is 10.5. The number of thiazole rings is 1. The van der Waals surface area contributed by atoms with Gasteiger partial charge in [-0.2, -0.15) is 0 Å². The molecule has 0 fully saturated rings. The lowest BCUT2D eigenvalue weighted by molar-refractivity contribution is 0.693. The molecule has 0 spiro atoms. The maximum absolute atomic E-state index is 5.98. The predicted octanol–water partition coefficient (Wildman–Crippen LogP) is 3.59. The van der Waals surface area contributed by atoms with Crippen LogP contribution in [0.15, 0.2) is 17.5 Å². The Hall–Kier alpha value is -0.710. The van der Waals surface area contributed by atoms with Crippen LogP contribution in [0.3, 0.4) is 0 Å². The van der Waals surface area contributed by atoms with Gasteiger partial charge in [0.1, 0.15) is 5.01 Å². The second-order valence-corrected chi connectivity index (χ2v) is 5.63. The number of hydrogen-bond acceptors (Lipinski definition) is 4. The summed E-state index contributed by atoms with van der Waals surface area (Å²) in [4.78, 5) is 7.12. The van der Waals surface area contributed by atoms with E-state index in [-0.39, 0.29) is 6.04 Å². The van der Waals surface area contributed by atoms with Crippen LogP contribution >= 0.6 is 22.7 Å². The third-order valence-electron chi connectivity index (χ3n) is 2.32. The Bertz CT molecular complexity index is 431. The van der Waals surface area contributed by atoms with Crippen molar-refractivity contribution < 1.29 is 0 Å². The highest BCUT2D eigenvalue weighted by molar-refractivity contribution is 7.15. The third-order valence-corrected chi connectivity index (χ3v) is 4.30. The van der Waals surface area contributed by atoms with Gasteiger partial charge in [0, 0.05) is 4.88 Å². The maximum Gasteiger partial charge on any atom is 0.110 e. The van der Waals surface area contributed by atoms with Crippen molar-refractivity contribution in [2.45, 2.75) is 26.3 Å². The normalized spacial score (nSPS) is 13.0. The fraction of sp³-hybridized carbons (Fsp3) is 0.364. The molecule has 0 radical (unpaired) electrons. The van der Waals surface area contributed by atoms with Crippen molar-refractivity contribution in [1.82, 2.24) is 4.98 Å². The molecular formula is C11H14N2S2. The average Bonchev–Trinajstić information content (AvgIpc) is 2.84. The molecule has 0 amide bonds. The van der Waals surface area contributed by atoms with E-state index in [1.807, 2.05) is 0 Å². The molecule has 2 N–H and O–H groups in total. The molecule has 2 rings (SSSR count). The molecule has 4 heteroatoms. The number of hydrogen-bond donors (Lipinski definition) is 1. The number of aryl methyl sites for hydroxylation is 1. The summed E-state index contributed by atoms with van der Waals surface area (Å²) >= 11 is 3.44. The number of thiophene rings is 1. The first-order chi connectivity index (χ1) is 7.22. The summed E-state index contributed by atoms with van der Waals surface area (Å²) in [6.45, 7) is 4.20. The van der Waals surface area contributed by atoms with Gasteiger partial charge in [0.05, 0.1) is 16.6 Å². The molecule has 2 heterocycles. The quantitative estimate of drug-likeness (QED) is 0.887. The van der Waals surface area contributed by atoms with Gasteiger partial charge in [0.15, 0.2) is 0 Å². The summed E-state index contributed by atoms with van der Waals surface area (Å²) in [5, 5.41) is 3.13. The topological polar surface area (TPSA) is 38.9 Å². The van der Waals surface area contributed by atoms with Crippen molar-refractivity contribution in [2.75, 3.05) is 0 Å². The number of nitrogens with zero attached hydrogens (tertiary/aromatic N) is 1. The highest BCUT2D eigenvalue weighted by Gasteiger charge is 2.14. The second kappa shape index (κ2) is 4.43. The van der Waals surface area contributed by atoms with Crippen LogP contribution in [-0.2, 0) is 0 Å². The van der Waals surface area contributed by atoms with E-state index in [4.69, 9.17) is 5.73 Å². The molecule has 80 valence electrons. The molecule has 1 unspecified atom stereocenters. The first kappa shape index (κ1) is 10.8. The Balaban J connectivity index is 2.38. The van der Waals surface area contributed by atoms with Crippen molar-refractivity contribution in [3.63, 3.8) is 0 Å². The summed E-state index contributed by atoms with van der Waals surface area (Å²) in [5.41, 5.74) is 7.09. The molecule has 0 saturated heterocycles. The molecule has 1 atom stereocenters.